The Kier molecular flexibility index (Phi) is 6.40. The summed E-state index contributed by atoms with van der Waals surface area (Å²) >= 11 is 0. The SMILES string of the molecule is CCOCc1cccn1CCCC(=O)OCC. The molecule has 4 heteroatoms. The predicted octanol–water partition coefficient (Wildman–Crippen LogP) is 2.37. The van der Waals surface area contributed by atoms with Crippen molar-refractivity contribution in [3.8, 4) is 0 Å². The summed E-state index contributed by atoms with van der Waals surface area (Å²) in [6.07, 6.45) is 3.28. The van der Waals surface area contributed by atoms with Crippen LogP contribution in [0.2, 0.25) is 0 Å². The van der Waals surface area contributed by atoms with E-state index < -0.39 is 0 Å². The van der Waals surface area contributed by atoms with Gasteiger partial charge >= 0.3 is 5.97 Å². The fourth-order valence-electron chi connectivity index (χ4n) is 1.63. The van der Waals surface area contributed by atoms with Gasteiger partial charge in [-0.2, -0.15) is 0 Å². The first kappa shape index (κ1) is 13.8. The van der Waals surface area contributed by atoms with Crippen LogP contribution in [0.1, 0.15) is 32.4 Å². The van der Waals surface area contributed by atoms with Crippen LogP contribution in [-0.2, 0) is 27.4 Å². The van der Waals surface area contributed by atoms with Crippen LogP contribution in [0.3, 0.4) is 0 Å². The highest BCUT2D eigenvalue weighted by atomic mass is 16.5. The zero-order valence-corrected chi connectivity index (χ0v) is 10.6. The van der Waals surface area contributed by atoms with Gasteiger partial charge in [-0.25, -0.2) is 0 Å². The minimum absolute atomic E-state index is 0.119. The zero-order valence-electron chi connectivity index (χ0n) is 10.6. The van der Waals surface area contributed by atoms with Gasteiger partial charge in [0.1, 0.15) is 0 Å². The maximum absolute atomic E-state index is 11.2. The Labute approximate surface area is 103 Å². The van der Waals surface area contributed by atoms with Gasteiger partial charge in [0, 0.05) is 31.5 Å². The van der Waals surface area contributed by atoms with Crippen LogP contribution < -0.4 is 0 Å². The first-order valence-corrected chi connectivity index (χ1v) is 6.15. The highest BCUT2D eigenvalue weighted by molar-refractivity contribution is 5.69. The number of ether oxygens (including phenoxy) is 2. The third-order valence-electron chi connectivity index (χ3n) is 2.46. The Bertz CT molecular complexity index is 333. The Hall–Kier alpha value is -1.29. The molecule has 1 aromatic heterocycles. The highest BCUT2D eigenvalue weighted by Crippen LogP contribution is 2.06. The average Bonchev–Trinajstić information content (AvgIpc) is 2.74. The highest BCUT2D eigenvalue weighted by Gasteiger charge is 2.04. The van der Waals surface area contributed by atoms with Crippen molar-refractivity contribution < 1.29 is 14.3 Å². The summed E-state index contributed by atoms with van der Waals surface area (Å²) in [4.78, 5) is 11.2. The maximum atomic E-state index is 11.2. The van der Waals surface area contributed by atoms with E-state index in [9.17, 15) is 4.79 Å². The number of carbonyl (C=O) groups excluding carboxylic acids is 1. The summed E-state index contributed by atoms with van der Waals surface area (Å²) in [6, 6.07) is 4.04. The van der Waals surface area contributed by atoms with Gasteiger partial charge in [0.25, 0.3) is 0 Å². The van der Waals surface area contributed by atoms with Gasteiger partial charge in [0.05, 0.1) is 13.2 Å². The van der Waals surface area contributed by atoms with E-state index in [1.54, 1.807) is 0 Å². The van der Waals surface area contributed by atoms with E-state index in [-0.39, 0.29) is 5.97 Å². The van der Waals surface area contributed by atoms with Crippen molar-refractivity contribution >= 4 is 5.97 Å². The van der Waals surface area contributed by atoms with Crippen molar-refractivity contribution in [1.29, 1.82) is 0 Å². The van der Waals surface area contributed by atoms with E-state index in [1.165, 1.54) is 0 Å². The van der Waals surface area contributed by atoms with E-state index in [0.29, 0.717) is 26.2 Å². The molecule has 0 aliphatic rings. The van der Waals surface area contributed by atoms with Crippen LogP contribution in [0.5, 0.6) is 0 Å². The number of esters is 1. The molecule has 0 bridgehead atoms. The van der Waals surface area contributed by atoms with Crippen molar-refractivity contribution in [2.24, 2.45) is 0 Å². The molecule has 0 amide bonds. The number of carbonyl (C=O) groups is 1. The van der Waals surface area contributed by atoms with E-state index >= 15 is 0 Å². The summed E-state index contributed by atoms with van der Waals surface area (Å²) in [6.45, 7) is 6.43. The molecule has 0 radical (unpaired) electrons. The minimum Gasteiger partial charge on any atom is -0.466 e. The first-order valence-electron chi connectivity index (χ1n) is 6.15. The van der Waals surface area contributed by atoms with E-state index in [1.807, 2.05) is 32.2 Å². The lowest BCUT2D eigenvalue weighted by atomic mass is 10.3. The summed E-state index contributed by atoms with van der Waals surface area (Å²) < 4.78 is 12.4. The molecule has 0 aromatic carbocycles. The molecule has 0 atom stereocenters. The third-order valence-corrected chi connectivity index (χ3v) is 2.46. The minimum atomic E-state index is -0.119. The van der Waals surface area contributed by atoms with Crippen molar-refractivity contribution in [2.75, 3.05) is 13.2 Å². The number of rotatable bonds is 8. The van der Waals surface area contributed by atoms with Crippen molar-refractivity contribution in [3.05, 3.63) is 24.0 Å². The molecule has 0 N–H and O–H groups in total. The van der Waals surface area contributed by atoms with Gasteiger partial charge < -0.3 is 14.0 Å². The number of hydrogen-bond acceptors (Lipinski definition) is 3. The van der Waals surface area contributed by atoms with Gasteiger partial charge in [0.15, 0.2) is 0 Å². The largest absolute Gasteiger partial charge is 0.466 e. The van der Waals surface area contributed by atoms with Crippen molar-refractivity contribution in [1.82, 2.24) is 4.57 Å². The second-order valence-corrected chi connectivity index (χ2v) is 3.74. The standard InChI is InChI=1S/C13H21NO3/c1-3-16-11-12-7-5-9-14(12)10-6-8-13(15)17-4-2/h5,7,9H,3-4,6,8,10-11H2,1-2H3. The van der Waals surface area contributed by atoms with E-state index in [4.69, 9.17) is 9.47 Å². The topological polar surface area (TPSA) is 40.5 Å². The molecular formula is C13H21NO3. The molecule has 0 saturated carbocycles. The average molecular weight is 239 g/mol. The van der Waals surface area contributed by atoms with Gasteiger partial charge in [-0.1, -0.05) is 0 Å². The summed E-state index contributed by atoms with van der Waals surface area (Å²) in [5.74, 6) is -0.119. The lowest BCUT2D eigenvalue weighted by molar-refractivity contribution is -0.143. The van der Waals surface area contributed by atoms with Crippen LogP contribution in [-0.4, -0.2) is 23.8 Å². The molecule has 4 nitrogen and oxygen atoms in total. The molecule has 17 heavy (non-hydrogen) atoms. The van der Waals surface area contributed by atoms with Crippen molar-refractivity contribution in [3.63, 3.8) is 0 Å². The van der Waals surface area contributed by atoms with Crippen LogP contribution in [0.4, 0.5) is 0 Å². The Morgan fingerprint density at radius 1 is 1.35 bits per heavy atom. The fraction of sp³-hybridized carbons (Fsp3) is 0.615. The second kappa shape index (κ2) is 7.90. The summed E-state index contributed by atoms with van der Waals surface area (Å²) in [5, 5.41) is 0. The first-order chi connectivity index (χ1) is 8.27. The molecule has 96 valence electrons. The lowest BCUT2D eigenvalue weighted by Crippen LogP contribution is -2.08. The Morgan fingerprint density at radius 2 is 2.18 bits per heavy atom. The van der Waals surface area contributed by atoms with E-state index in [2.05, 4.69) is 4.57 Å². The molecule has 0 saturated heterocycles. The number of aromatic nitrogens is 1. The molecule has 0 spiro atoms. The maximum Gasteiger partial charge on any atom is 0.305 e. The molecule has 0 unspecified atom stereocenters. The lowest BCUT2D eigenvalue weighted by Gasteiger charge is -2.08. The Balaban J connectivity index is 2.31. The number of nitrogens with zero attached hydrogens (tertiary/aromatic N) is 1. The molecule has 0 aliphatic heterocycles. The number of hydrogen-bond donors (Lipinski definition) is 0. The molecule has 1 heterocycles. The summed E-state index contributed by atoms with van der Waals surface area (Å²) in [7, 11) is 0. The molecule has 0 aliphatic carbocycles. The zero-order chi connectivity index (χ0) is 12.5. The van der Waals surface area contributed by atoms with Crippen LogP contribution >= 0.6 is 0 Å². The van der Waals surface area contributed by atoms with Gasteiger partial charge in [0.2, 0.25) is 0 Å². The molecule has 1 aromatic rings. The molecular weight excluding hydrogens is 218 g/mol. The molecule has 0 fully saturated rings. The van der Waals surface area contributed by atoms with Crippen LogP contribution in [0, 0.1) is 0 Å². The quantitative estimate of drug-likeness (QED) is 0.654. The molecule has 1 rings (SSSR count). The van der Waals surface area contributed by atoms with Gasteiger partial charge in [-0.05, 0) is 32.4 Å². The summed E-state index contributed by atoms with van der Waals surface area (Å²) in [5.41, 5.74) is 1.15. The van der Waals surface area contributed by atoms with Gasteiger partial charge in [-0.15, -0.1) is 0 Å². The van der Waals surface area contributed by atoms with Crippen LogP contribution in [0.15, 0.2) is 18.3 Å². The predicted molar refractivity (Wildman–Crippen MR) is 65.6 cm³/mol. The third kappa shape index (κ3) is 5.04. The smallest absolute Gasteiger partial charge is 0.305 e. The fourth-order valence-corrected chi connectivity index (χ4v) is 1.63. The van der Waals surface area contributed by atoms with E-state index in [0.717, 1.165) is 18.7 Å². The second-order valence-electron chi connectivity index (χ2n) is 3.74. The number of aryl methyl sites for hydroxylation is 1. The van der Waals surface area contributed by atoms with Crippen LogP contribution in [0.25, 0.3) is 0 Å². The van der Waals surface area contributed by atoms with Gasteiger partial charge in [-0.3, -0.25) is 4.79 Å². The monoisotopic (exact) mass is 239 g/mol. The van der Waals surface area contributed by atoms with Crippen molar-refractivity contribution in [2.45, 2.75) is 39.8 Å². The Morgan fingerprint density at radius 3 is 2.88 bits per heavy atom. The normalized spacial score (nSPS) is 10.5.